The molecule has 114 valence electrons. The molecular weight excluding hydrogens is 332 g/mol. The quantitative estimate of drug-likeness (QED) is 0.768. The minimum atomic E-state index is -2.52. The molecule has 20 heavy (non-hydrogen) atoms. The lowest BCUT2D eigenvalue weighted by Crippen LogP contribution is -2.21. The van der Waals surface area contributed by atoms with E-state index in [1.807, 2.05) is 19.1 Å². The minimum Gasteiger partial charge on any atom is -0.490 e. The van der Waals surface area contributed by atoms with Crippen molar-refractivity contribution in [2.24, 2.45) is 0 Å². The Bertz CT molecular complexity index is 428. The van der Waals surface area contributed by atoms with Crippen molar-refractivity contribution in [3.8, 4) is 11.5 Å². The molecule has 0 spiro atoms. The van der Waals surface area contributed by atoms with Crippen molar-refractivity contribution in [2.45, 2.75) is 39.8 Å². The Balaban J connectivity index is 2.92. The predicted molar refractivity (Wildman–Crippen MR) is 78.8 cm³/mol. The van der Waals surface area contributed by atoms with Gasteiger partial charge in [0, 0.05) is 12.6 Å². The second-order valence-electron chi connectivity index (χ2n) is 4.58. The van der Waals surface area contributed by atoms with Gasteiger partial charge in [0.2, 0.25) is 0 Å². The average Bonchev–Trinajstić information content (AvgIpc) is 2.35. The van der Waals surface area contributed by atoms with Crippen LogP contribution in [0.15, 0.2) is 16.6 Å². The second-order valence-corrected chi connectivity index (χ2v) is 5.43. The third-order valence-corrected chi connectivity index (χ3v) is 3.03. The molecule has 0 radical (unpaired) electrons. The molecule has 0 amide bonds. The maximum absolute atomic E-state index is 12.3. The fourth-order valence-corrected chi connectivity index (χ4v) is 2.20. The van der Waals surface area contributed by atoms with Crippen molar-refractivity contribution in [2.75, 3.05) is 13.2 Å². The number of halogens is 3. The third kappa shape index (κ3) is 5.63. The van der Waals surface area contributed by atoms with E-state index in [1.54, 1.807) is 0 Å². The van der Waals surface area contributed by atoms with Gasteiger partial charge in [0.25, 0.3) is 6.43 Å². The number of alkyl halides is 2. The first-order valence-corrected chi connectivity index (χ1v) is 7.32. The molecule has 0 heterocycles. The highest BCUT2D eigenvalue weighted by Crippen LogP contribution is 2.37. The molecule has 0 bridgehead atoms. The van der Waals surface area contributed by atoms with E-state index in [2.05, 4.69) is 35.1 Å². The molecule has 3 nitrogen and oxygen atoms in total. The summed E-state index contributed by atoms with van der Waals surface area (Å²) in [5, 5.41) is 3.29. The summed E-state index contributed by atoms with van der Waals surface area (Å²) in [5.74, 6) is 0.795. The Kier molecular flexibility index (Phi) is 7.23. The van der Waals surface area contributed by atoms with Crippen LogP contribution < -0.4 is 14.8 Å². The summed E-state index contributed by atoms with van der Waals surface area (Å²) in [6.45, 7) is 6.41. The molecule has 1 N–H and O–H groups in total. The summed E-state index contributed by atoms with van der Waals surface area (Å²) in [7, 11) is 0. The van der Waals surface area contributed by atoms with E-state index < -0.39 is 13.0 Å². The van der Waals surface area contributed by atoms with Crippen molar-refractivity contribution >= 4 is 15.9 Å². The normalized spacial score (nSPS) is 11.2. The average molecular weight is 352 g/mol. The third-order valence-electron chi connectivity index (χ3n) is 2.44. The zero-order valence-corrected chi connectivity index (χ0v) is 13.5. The van der Waals surface area contributed by atoms with Crippen LogP contribution in [0.25, 0.3) is 0 Å². The number of nitrogens with one attached hydrogen (secondary N) is 1. The highest BCUT2D eigenvalue weighted by Gasteiger charge is 2.14. The monoisotopic (exact) mass is 351 g/mol. The zero-order valence-electron chi connectivity index (χ0n) is 11.9. The summed E-state index contributed by atoms with van der Waals surface area (Å²) < 4.78 is 35.7. The van der Waals surface area contributed by atoms with Crippen molar-refractivity contribution in [1.82, 2.24) is 5.32 Å². The standard InChI is InChI=1S/C14H20BrF2NO2/c1-4-19-12-6-10(7-18-9(2)3)5-11(15)14(12)20-8-13(16)17/h5-6,9,13,18H,4,7-8H2,1-3H3. The molecule has 1 aromatic carbocycles. The van der Waals surface area contributed by atoms with Gasteiger partial charge in [-0.3, -0.25) is 0 Å². The van der Waals surface area contributed by atoms with Gasteiger partial charge in [0.1, 0.15) is 6.61 Å². The van der Waals surface area contributed by atoms with Gasteiger partial charge in [-0.2, -0.15) is 0 Å². The van der Waals surface area contributed by atoms with Crippen LogP contribution in [0, 0.1) is 0 Å². The van der Waals surface area contributed by atoms with Gasteiger partial charge in [-0.15, -0.1) is 0 Å². The van der Waals surface area contributed by atoms with E-state index >= 15 is 0 Å². The lowest BCUT2D eigenvalue weighted by Gasteiger charge is -2.16. The van der Waals surface area contributed by atoms with Crippen LogP contribution in [0.4, 0.5) is 8.78 Å². The van der Waals surface area contributed by atoms with Gasteiger partial charge < -0.3 is 14.8 Å². The molecule has 0 atom stereocenters. The summed E-state index contributed by atoms with van der Waals surface area (Å²) in [4.78, 5) is 0. The second kappa shape index (κ2) is 8.42. The van der Waals surface area contributed by atoms with Gasteiger partial charge in [-0.25, -0.2) is 8.78 Å². The van der Waals surface area contributed by atoms with Crippen molar-refractivity contribution in [3.63, 3.8) is 0 Å². The van der Waals surface area contributed by atoms with Gasteiger partial charge in [0.05, 0.1) is 11.1 Å². The van der Waals surface area contributed by atoms with Crippen LogP contribution in [0.3, 0.4) is 0 Å². The number of hydrogen-bond donors (Lipinski definition) is 1. The summed E-state index contributed by atoms with van der Waals surface area (Å²) in [6.07, 6.45) is -2.52. The highest BCUT2D eigenvalue weighted by atomic mass is 79.9. The largest absolute Gasteiger partial charge is 0.490 e. The van der Waals surface area contributed by atoms with Crippen LogP contribution in [0.2, 0.25) is 0 Å². The first-order chi connectivity index (χ1) is 9.43. The van der Waals surface area contributed by atoms with Crippen LogP contribution >= 0.6 is 15.9 Å². The first-order valence-electron chi connectivity index (χ1n) is 6.53. The molecule has 6 heteroatoms. The molecule has 0 saturated heterocycles. The number of rotatable bonds is 8. The Morgan fingerprint density at radius 3 is 2.50 bits per heavy atom. The van der Waals surface area contributed by atoms with Gasteiger partial charge >= 0.3 is 0 Å². The molecule has 0 aliphatic carbocycles. The van der Waals surface area contributed by atoms with Gasteiger partial charge in [-0.1, -0.05) is 13.8 Å². The molecule has 0 unspecified atom stereocenters. The van der Waals surface area contributed by atoms with Crippen molar-refractivity contribution in [3.05, 3.63) is 22.2 Å². The maximum atomic E-state index is 12.3. The Hall–Kier alpha value is -0.880. The number of ether oxygens (including phenoxy) is 2. The molecule has 0 aliphatic rings. The molecule has 1 rings (SSSR count). The maximum Gasteiger partial charge on any atom is 0.272 e. The Labute approximate surface area is 126 Å². The van der Waals surface area contributed by atoms with Gasteiger partial charge in [0.15, 0.2) is 11.5 Å². The SMILES string of the molecule is CCOc1cc(CNC(C)C)cc(Br)c1OCC(F)F. The fourth-order valence-electron chi connectivity index (χ4n) is 1.59. The van der Waals surface area contributed by atoms with Crippen molar-refractivity contribution in [1.29, 1.82) is 0 Å². The van der Waals surface area contributed by atoms with Crippen LogP contribution in [0.1, 0.15) is 26.3 Å². The molecule has 0 aromatic heterocycles. The van der Waals surface area contributed by atoms with Crippen molar-refractivity contribution < 1.29 is 18.3 Å². The van der Waals surface area contributed by atoms with Crippen LogP contribution in [0.5, 0.6) is 11.5 Å². The van der Waals surface area contributed by atoms with E-state index in [0.29, 0.717) is 35.2 Å². The highest BCUT2D eigenvalue weighted by molar-refractivity contribution is 9.10. The van der Waals surface area contributed by atoms with E-state index in [9.17, 15) is 8.78 Å². The van der Waals surface area contributed by atoms with Crippen LogP contribution in [-0.2, 0) is 6.54 Å². The summed E-state index contributed by atoms with van der Waals surface area (Å²) in [5.41, 5.74) is 0.999. The van der Waals surface area contributed by atoms with Gasteiger partial charge in [-0.05, 0) is 40.5 Å². The predicted octanol–water partition coefficient (Wildman–Crippen LogP) is 3.99. The summed E-state index contributed by atoms with van der Waals surface area (Å²) in [6, 6.07) is 4.02. The van der Waals surface area contributed by atoms with E-state index in [4.69, 9.17) is 9.47 Å². The molecule has 0 saturated carbocycles. The smallest absolute Gasteiger partial charge is 0.272 e. The van der Waals surface area contributed by atoms with E-state index in [0.717, 1.165) is 5.56 Å². The summed E-state index contributed by atoms with van der Waals surface area (Å²) >= 11 is 3.35. The first kappa shape index (κ1) is 17.2. The molecule has 0 aliphatic heterocycles. The fraction of sp³-hybridized carbons (Fsp3) is 0.571. The minimum absolute atomic E-state index is 0.320. The zero-order chi connectivity index (χ0) is 15.1. The topological polar surface area (TPSA) is 30.5 Å². The lowest BCUT2D eigenvalue weighted by atomic mass is 10.2. The van der Waals surface area contributed by atoms with E-state index in [1.165, 1.54) is 0 Å². The Morgan fingerprint density at radius 2 is 1.95 bits per heavy atom. The lowest BCUT2D eigenvalue weighted by molar-refractivity contribution is 0.0796. The number of benzene rings is 1. The van der Waals surface area contributed by atoms with E-state index in [-0.39, 0.29) is 0 Å². The Morgan fingerprint density at radius 1 is 1.25 bits per heavy atom. The molecule has 1 aromatic rings. The van der Waals surface area contributed by atoms with Crippen LogP contribution in [-0.4, -0.2) is 25.7 Å². The molecular formula is C14H20BrF2NO2. The molecule has 0 fully saturated rings. The number of hydrogen-bond acceptors (Lipinski definition) is 3.